The first kappa shape index (κ1) is 6.93. The molecule has 0 N–H and O–H groups in total. The number of aryl methyl sites for hydroxylation is 1. The van der Waals surface area contributed by atoms with Gasteiger partial charge in [-0.2, -0.15) is 0 Å². The number of carbonyl (C=O) groups is 1. The topological polar surface area (TPSA) is 30.0 Å². The van der Waals surface area contributed by atoms with Crippen molar-refractivity contribution in [3.05, 3.63) is 29.6 Å². The minimum absolute atomic E-state index is 0.699. The highest BCUT2D eigenvalue weighted by molar-refractivity contribution is 5.76. The molecule has 0 aliphatic rings. The molecule has 52 valence electrons. The fourth-order valence-corrected chi connectivity index (χ4v) is 0.864. The van der Waals surface area contributed by atoms with Gasteiger partial charge in [-0.1, -0.05) is 6.92 Å². The fraction of sp³-hybridized carbons (Fsp3) is 0.250. The van der Waals surface area contributed by atoms with Crippen LogP contribution >= 0.6 is 0 Å². The van der Waals surface area contributed by atoms with E-state index in [1.807, 2.05) is 13.0 Å². The summed E-state index contributed by atoms with van der Waals surface area (Å²) in [6, 6.07) is 1.86. The third-order valence-corrected chi connectivity index (χ3v) is 1.45. The molecule has 1 rings (SSSR count). The Kier molecular flexibility index (Phi) is 2.15. The van der Waals surface area contributed by atoms with Crippen LogP contribution < -0.4 is 0 Å². The van der Waals surface area contributed by atoms with Crippen LogP contribution in [0.25, 0.3) is 0 Å². The predicted molar refractivity (Wildman–Crippen MR) is 39.0 cm³/mol. The first-order chi connectivity index (χ1) is 4.88. The van der Waals surface area contributed by atoms with E-state index in [0.717, 1.165) is 18.3 Å². The predicted octanol–water partition coefficient (Wildman–Crippen LogP) is 1.46. The average Bonchev–Trinajstić information content (AvgIpc) is 2.04. The lowest BCUT2D eigenvalue weighted by atomic mass is 10.1. The van der Waals surface area contributed by atoms with Crippen molar-refractivity contribution in [2.75, 3.05) is 0 Å². The van der Waals surface area contributed by atoms with E-state index >= 15 is 0 Å². The van der Waals surface area contributed by atoms with E-state index in [1.165, 1.54) is 0 Å². The molecular formula is C8H9NO. The number of aldehydes is 1. The van der Waals surface area contributed by atoms with Crippen LogP contribution in [0, 0.1) is 0 Å². The number of carbonyl (C=O) groups excluding carboxylic acids is 1. The quantitative estimate of drug-likeness (QED) is 0.574. The third-order valence-electron chi connectivity index (χ3n) is 1.45. The second-order valence-corrected chi connectivity index (χ2v) is 2.05. The number of rotatable bonds is 2. The monoisotopic (exact) mass is 135 g/mol. The van der Waals surface area contributed by atoms with Gasteiger partial charge >= 0.3 is 0 Å². The highest BCUT2D eigenvalue weighted by Crippen LogP contribution is 2.03. The highest BCUT2D eigenvalue weighted by atomic mass is 16.1. The van der Waals surface area contributed by atoms with Gasteiger partial charge in [0, 0.05) is 18.0 Å². The second-order valence-electron chi connectivity index (χ2n) is 2.05. The maximum Gasteiger partial charge on any atom is 0.151 e. The lowest BCUT2D eigenvalue weighted by Crippen LogP contribution is -1.90. The van der Waals surface area contributed by atoms with Crippen molar-refractivity contribution in [2.45, 2.75) is 13.3 Å². The average molecular weight is 135 g/mol. The first-order valence-electron chi connectivity index (χ1n) is 3.26. The maximum absolute atomic E-state index is 10.3. The van der Waals surface area contributed by atoms with Crippen molar-refractivity contribution >= 4 is 6.29 Å². The van der Waals surface area contributed by atoms with E-state index in [-0.39, 0.29) is 0 Å². The smallest absolute Gasteiger partial charge is 0.151 e. The Morgan fingerprint density at radius 1 is 1.70 bits per heavy atom. The van der Waals surface area contributed by atoms with Crippen molar-refractivity contribution in [3.8, 4) is 0 Å². The molecule has 0 saturated carbocycles. The van der Waals surface area contributed by atoms with Crippen molar-refractivity contribution in [2.24, 2.45) is 0 Å². The summed E-state index contributed by atoms with van der Waals surface area (Å²) in [7, 11) is 0. The van der Waals surface area contributed by atoms with Crippen molar-refractivity contribution in [1.82, 2.24) is 4.98 Å². The lowest BCUT2D eigenvalue weighted by Gasteiger charge is -1.96. The van der Waals surface area contributed by atoms with Crippen LogP contribution in [0.1, 0.15) is 22.8 Å². The van der Waals surface area contributed by atoms with Crippen LogP contribution in [0.3, 0.4) is 0 Å². The first-order valence-corrected chi connectivity index (χ1v) is 3.26. The molecule has 2 nitrogen and oxygen atoms in total. The molecule has 0 saturated heterocycles. The summed E-state index contributed by atoms with van der Waals surface area (Å²) in [6.45, 7) is 2.02. The molecule has 0 aliphatic carbocycles. The third kappa shape index (κ3) is 1.21. The molecule has 2 heteroatoms. The van der Waals surface area contributed by atoms with Gasteiger partial charge in [-0.25, -0.2) is 0 Å². The zero-order chi connectivity index (χ0) is 7.40. The molecule has 1 aromatic rings. The van der Waals surface area contributed by atoms with Gasteiger partial charge in [0.25, 0.3) is 0 Å². The molecule has 0 aromatic carbocycles. The Balaban J connectivity index is 3.08. The lowest BCUT2D eigenvalue weighted by molar-refractivity contribution is 0.112. The molecule has 0 amide bonds. The summed E-state index contributed by atoms with van der Waals surface area (Å²) >= 11 is 0. The number of aromatic nitrogens is 1. The molecule has 10 heavy (non-hydrogen) atoms. The van der Waals surface area contributed by atoms with Crippen LogP contribution in [-0.2, 0) is 6.42 Å². The van der Waals surface area contributed by atoms with Gasteiger partial charge in [-0.15, -0.1) is 0 Å². The summed E-state index contributed by atoms with van der Waals surface area (Å²) in [4.78, 5) is 14.2. The standard InChI is InChI=1S/C8H9NO/c1-2-7-3-4-9-5-8(7)6-10/h3-6H,2H2,1H3. The molecule has 0 aliphatic heterocycles. The fourth-order valence-electron chi connectivity index (χ4n) is 0.864. The van der Waals surface area contributed by atoms with Crippen LogP contribution in [0.15, 0.2) is 18.5 Å². The van der Waals surface area contributed by atoms with Gasteiger partial charge in [0.1, 0.15) is 0 Å². The highest BCUT2D eigenvalue weighted by Gasteiger charge is 1.95. The number of pyridine rings is 1. The molecule has 0 radical (unpaired) electrons. The van der Waals surface area contributed by atoms with Gasteiger partial charge in [-0.3, -0.25) is 9.78 Å². The van der Waals surface area contributed by atoms with E-state index < -0.39 is 0 Å². The van der Waals surface area contributed by atoms with Crippen molar-refractivity contribution in [1.29, 1.82) is 0 Å². The van der Waals surface area contributed by atoms with Gasteiger partial charge in [0.15, 0.2) is 6.29 Å². The van der Waals surface area contributed by atoms with E-state index in [1.54, 1.807) is 12.4 Å². The second kappa shape index (κ2) is 3.11. The van der Waals surface area contributed by atoms with Crippen molar-refractivity contribution in [3.63, 3.8) is 0 Å². The Morgan fingerprint density at radius 3 is 3.00 bits per heavy atom. The maximum atomic E-state index is 10.3. The number of hydrogen-bond acceptors (Lipinski definition) is 2. The van der Waals surface area contributed by atoms with Gasteiger partial charge in [0.2, 0.25) is 0 Å². The minimum Gasteiger partial charge on any atom is -0.298 e. The zero-order valence-corrected chi connectivity index (χ0v) is 5.87. The number of hydrogen-bond donors (Lipinski definition) is 0. The van der Waals surface area contributed by atoms with Crippen LogP contribution in [0.5, 0.6) is 0 Å². The van der Waals surface area contributed by atoms with Gasteiger partial charge < -0.3 is 0 Å². The Hall–Kier alpha value is -1.18. The van der Waals surface area contributed by atoms with Gasteiger partial charge in [0.05, 0.1) is 0 Å². The summed E-state index contributed by atoms with van der Waals surface area (Å²) < 4.78 is 0. The van der Waals surface area contributed by atoms with E-state index in [0.29, 0.717) is 5.56 Å². The summed E-state index contributed by atoms with van der Waals surface area (Å²) in [6.07, 6.45) is 5.01. The molecule has 0 spiro atoms. The number of nitrogens with zero attached hydrogens (tertiary/aromatic N) is 1. The largest absolute Gasteiger partial charge is 0.298 e. The van der Waals surface area contributed by atoms with Crippen LogP contribution in [0.2, 0.25) is 0 Å². The Bertz CT molecular complexity index is 232. The molecule has 0 atom stereocenters. The summed E-state index contributed by atoms with van der Waals surface area (Å²) in [5, 5.41) is 0. The van der Waals surface area contributed by atoms with Gasteiger partial charge in [-0.05, 0) is 18.1 Å². The van der Waals surface area contributed by atoms with Crippen molar-refractivity contribution < 1.29 is 4.79 Å². The van der Waals surface area contributed by atoms with E-state index in [4.69, 9.17) is 0 Å². The molecule has 0 unspecified atom stereocenters. The Morgan fingerprint density at radius 2 is 2.50 bits per heavy atom. The van der Waals surface area contributed by atoms with Crippen LogP contribution in [-0.4, -0.2) is 11.3 Å². The summed E-state index contributed by atoms with van der Waals surface area (Å²) in [5.41, 5.74) is 1.76. The summed E-state index contributed by atoms with van der Waals surface area (Å²) in [5.74, 6) is 0. The SMILES string of the molecule is CCc1ccncc1C=O. The normalized spacial score (nSPS) is 9.30. The molecule has 0 fully saturated rings. The van der Waals surface area contributed by atoms with Crippen LogP contribution in [0.4, 0.5) is 0 Å². The molecular weight excluding hydrogens is 126 g/mol. The molecule has 0 bridgehead atoms. The minimum atomic E-state index is 0.699. The molecule has 1 aromatic heterocycles. The Labute approximate surface area is 59.9 Å². The zero-order valence-electron chi connectivity index (χ0n) is 5.87. The van der Waals surface area contributed by atoms with E-state index in [2.05, 4.69) is 4.98 Å². The van der Waals surface area contributed by atoms with E-state index in [9.17, 15) is 4.79 Å². The molecule has 1 heterocycles.